The molecule has 1 aromatic carbocycles. The first-order valence-corrected chi connectivity index (χ1v) is 7.78. The molecule has 1 saturated heterocycles. The van der Waals surface area contributed by atoms with Gasteiger partial charge in [0.05, 0.1) is 5.69 Å². The Morgan fingerprint density at radius 2 is 2.00 bits per heavy atom. The largest absolute Gasteiger partial charge is 0.486 e. The van der Waals surface area contributed by atoms with Gasteiger partial charge in [-0.05, 0) is 12.1 Å². The summed E-state index contributed by atoms with van der Waals surface area (Å²) < 4.78 is 33.8. The summed E-state index contributed by atoms with van der Waals surface area (Å²) in [6.45, 7) is 0.881. The van der Waals surface area contributed by atoms with Gasteiger partial charge in [0.15, 0.2) is 11.5 Å². The Kier molecular flexibility index (Phi) is 3.06. The fraction of sp³-hybridized carbons (Fsp3) is 0.417. The highest BCUT2D eigenvalue weighted by Gasteiger charge is 2.38. The van der Waals surface area contributed by atoms with Crippen molar-refractivity contribution in [1.29, 1.82) is 0 Å². The maximum Gasteiger partial charge on any atom is 0.228 e. The first-order valence-electron chi connectivity index (χ1n) is 6.17. The van der Waals surface area contributed by atoms with E-state index >= 15 is 0 Å². The van der Waals surface area contributed by atoms with Crippen LogP contribution in [0.5, 0.6) is 11.5 Å². The van der Waals surface area contributed by atoms with Crippen LogP contribution in [0.15, 0.2) is 18.2 Å². The molecule has 1 fully saturated rings. The molecule has 2 aliphatic rings. The highest BCUT2D eigenvalue weighted by atomic mass is 32.2. The zero-order chi connectivity index (χ0) is 14.3. The number of nitrogens with two attached hydrogens (primary N) is 1. The van der Waals surface area contributed by atoms with Gasteiger partial charge in [-0.3, -0.25) is 4.79 Å². The summed E-state index contributed by atoms with van der Waals surface area (Å²) in [5.41, 5.74) is 0.526. The molecule has 1 amide bonds. The number of para-hydroxylation sites is 1. The number of sulfonamides is 1. The maximum absolute atomic E-state index is 12.0. The van der Waals surface area contributed by atoms with Crippen molar-refractivity contribution in [3.8, 4) is 11.5 Å². The smallest absolute Gasteiger partial charge is 0.228 e. The van der Waals surface area contributed by atoms with Crippen LogP contribution in [-0.4, -0.2) is 39.3 Å². The number of hydrogen-bond acceptors (Lipinski definition) is 5. The van der Waals surface area contributed by atoms with Crippen molar-refractivity contribution in [2.24, 2.45) is 5.14 Å². The Bertz CT molecular complexity index is 658. The summed E-state index contributed by atoms with van der Waals surface area (Å²) in [6.07, 6.45) is -0.108. The molecule has 8 heteroatoms. The summed E-state index contributed by atoms with van der Waals surface area (Å²) in [7, 11) is -3.73. The van der Waals surface area contributed by atoms with E-state index in [9.17, 15) is 13.2 Å². The Hall–Kier alpha value is -1.80. The van der Waals surface area contributed by atoms with E-state index in [1.807, 2.05) is 0 Å². The SMILES string of the molecule is NS(=O)(=O)C1CC(=O)N(c2cccc3c2OCCO3)C1. The summed E-state index contributed by atoms with van der Waals surface area (Å²) >= 11 is 0. The average Bonchev–Trinajstić information content (AvgIpc) is 2.80. The zero-order valence-corrected chi connectivity index (χ0v) is 11.4. The number of amides is 1. The Morgan fingerprint density at radius 1 is 1.25 bits per heavy atom. The molecule has 2 N–H and O–H groups in total. The second-order valence-corrected chi connectivity index (χ2v) is 6.57. The van der Waals surface area contributed by atoms with Crippen molar-refractivity contribution in [2.75, 3.05) is 24.7 Å². The molecule has 20 heavy (non-hydrogen) atoms. The first-order chi connectivity index (χ1) is 9.47. The molecule has 0 spiro atoms. The number of rotatable bonds is 2. The molecule has 0 aromatic heterocycles. The minimum atomic E-state index is -3.73. The molecule has 2 aliphatic heterocycles. The number of carbonyl (C=O) groups excluding carboxylic acids is 1. The molecule has 1 atom stereocenters. The quantitative estimate of drug-likeness (QED) is 0.818. The van der Waals surface area contributed by atoms with Crippen LogP contribution in [-0.2, 0) is 14.8 Å². The van der Waals surface area contributed by atoms with Crippen LogP contribution in [0.3, 0.4) is 0 Å². The normalized spacial score (nSPS) is 22.1. The highest BCUT2D eigenvalue weighted by Crippen LogP contribution is 2.41. The van der Waals surface area contributed by atoms with Crippen molar-refractivity contribution < 1.29 is 22.7 Å². The molecular formula is C12H14N2O5S. The van der Waals surface area contributed by atoms with Gasteiger partial charge in [0, 0.05) is 13.0 Å². The first kappa shape index (κ1) is 13.2. The van der Waals surface area contributed by atoms with Gasteiger partial charge in [0.2, 0.25) is 15.9 Å². The van der Waals surface area contributed by atoms with Crippen LogP contribution in [0.4, 0.5) is 5.69 Å². The third-order valence-corrected chi connectivity index (χ3v) is 4.64. The van der Waals surface area contributed by atoms with E-state index in [4.69, 9.17) is 14.6 Å². The van der Waals surface area contributed by atoms with Crippen LogP contribution in [0.1, 0.15) is 6.42 Å². The van der Waals surface area contributed by atoms with Crippen LogP contribution < -0.4 is 19.5 Å². The van der Waals surface area contributed by atoms with Gasteiger partial charge in [0.1, 0.15) is 18.5 Å². The van der Waals surface area contributed by atoms with Gasteiger partial charge in [-0.1, -0.05) is 6.07 Å². The minimum Gasteiger partial charge on any atom is -0.486 e. The lowest BCUT2D eigenvalue weighted by molar-refractivity contribution is -0.117. The molecule has 3 rings (SSSR count). The molecule has 1 aromatic rings. The van der Waals surface area contributed by atoms with Crippen LogP contribution in [0, 0.1) is 0 Å². The van der Waals surface area contributed by atoms with Gasteiger partial charge in [-0.15, -0.1) is 0 Å². The average molecular weight is 298 g/mol. The second-order valence-electron chi connectivity index (χ2n) is 4.72. The van der Waals surface area contributed by atoms with Gasteiger partial charge in [0.25, 0.3) is 0 Å². The van der Waals surface area contributed by atoms with Crippen LogP contribution in [0.25, 0.3) is 0 Å². The Labute approximate surface area is 116 Å². The lowest BCUT2D eigenvalue weighted by Gasteiger charge is -2.25. The number of fused-ring (bicyclic) bond motifs is 1. The summed E-state index contributed by atoms with van der Waals surface area (Å²) in [5.74, 6) is 0.745. The van der Waals surface area contributed by atoms with E-state index in [1.165, 1.54) is 4.90 Å². The van der Waals surface area contributed by atoms with Gasteiger partial charge in [-0.25, -0.2) is 13.6 Å². The lowest BCUT2D eigenvalue weighted by Crippen LogP contribution is -2.32. The van der Waals surface area contributed by atoms with E-state index < -0.39 is 15.3 Å². The van der Waals surface area contributed by atoms with E-state index in [-0.39, 0.29) is 18.9 Å². The summed E-state index contributed by atoms with van der Waals surface area (Å²) in [5, 5.41) is 4.24. The molecular weight excluding hydrogens is 284 g/mol. The highest BCUT2D eigenvalue weighted by molar-refractivity contribution is 7.89. The Balaban J connectivity index is 1.96. The van der Waals surface area contributed by atoms with Crippen molar-refractivity contribution in [1.82, 2.24) is 0 Å². The number of primary sulfonamides is 1. The number of nitrogens with zero attached hydrogens (tertiary/aromatic N) is 1. The second kappa shape index (κ2) is 4.64. The number of hydrogen-bond donors (Lipinski definition) is 1. The van der Waals surface area contributed by atoms with Crippen molar-refractivity contribution in [3.63, 3.8) is 0 Å². The van der Waals surface area contributed by atoms with Gasteiger partial charge < -0.3 is 14.4 Å². The molecule has 0 aliphatic carbocycles. The van der Waals surface area contributed by atoms with E-state index in [0.29, 0.717) is 30.4 Å². The predicted octanol–water partition coefficient (Wildman–Crippen LogP) is -0.148. The minimum absolute atomic E-state index is 0.0392. The van der Waals surface area contributed by atoms with E-state index in [1.54, 1.807) is 18.2 Å². The van der Waals surface area contributed by atoms with Crippen LogP contribution in [0.2, 0.25) is 0 Å². The molecule has 0 radical (unpaired) electrons. The summed E-state index contributed by atoms with van der Waals surface area (Å²) in [6, 6.07) is 5.19. The monoisotopic (exact) mass is 298 g/mol. The van der Waals surface area contributed by atoms with Gasteiger partial charge in [-0.2, -0.15) is 0 Å². The topological polar surface area (TPSA) is 98.9 Å². The van der Waals surface area contributed by atoms with Crippen molar-refractivity contribution in [2.45, 2.75) is 11.7 Å². The molecule has 7 nitrogen and oxygen atoms in total. The third-order valence-electron chi connectivity index (χ3n) is 3.39. The standard InChI is InChI=1S/C12H14N2O5S/c13-20(16,17)8-6-11(15)14(7-8)9-2-1-3-10-12(9)19-5-4-18-10/h1-3,8H,4-7H2,(H2,13,16,17). The lowest BCUT2D eigenvalue weighted by atomic mass is 10.2. The van der Waals surface area contributed by atoms with Gasteiger partial charge >= 0.3 is 0 Å². The van der Waals surface area contributed by atoms with Crippen molar-refractivity contribution in [3.05, 3.63) is 18.2 Å². The molecule has 1 unspecified atom stereocenters. The zero-order valence-electron chi connectivity index (χ0n) is 10.6. The molecule has 0 saturated carbocycles. The van der Waals surface area contributed by atoms with E-state index in [2.05, 4.69) is 0 Å². The van der Waals surface area contributed by atoms with Crippen molar-refractivity contribution >= 4 is 21.6 Å². The molecule has 0 bridgehead atoms. The van der Waals surface area contributed by atoms with Crippen LogP contribution >= 0.6 is 0 Å². The third kappa shape index (κ3) is 2.20. The Morgan fingerprint density at radius 3 is 2.70 bits per heavy atom. The molecule has 108 valence electrons. The summed E-state index contributed by atoms with van der Waals surface area (Å²) in [4.78, 5) is 13.4. The maximum atomic E-state index is 12.0. The fourth-order valence-corrected chi connectivity index (χ4v) is 3.13. The number of anilines is 1. The van der Waals surface area contributed by atoms with E-state index in [0.717, 1.165) is 0 Å². The number of carbonyl (C=O) groups is 1. The number of ether oxygens (including phenoxy) is 2. The number of benzene rings is 1. The molecule has 2 heterocycles. The fourth-order valence-electron chi connectivity index (χ4n) is 2.40. The predicted molar refractivity (Wildman–Crippen MR) is 71.3 cm³/mol.